The molecule has 1 nitrogen and oxygen atoms in total. The molecule has 0 aliphatic carbocycles. The van der Waals surface area contributed by atoms with Crippen LogP contribution in [0.25, 0.3) is 0 Å². The first kappa shape index (κ1) is 12.7. The van der Waals surface area contributed by atoms with E-state index < -0.39 is 0 Å². The van der Waals surface area contributed by atoms with E-state index in [4.69, 9.17) is 4.74 Å². The first-order chi connectivity index (χ1) is 7.27. The molecule has 0 aliphatic rings. The molecule has 0 amide bonds. The highest BCUT2D eigenvalue weighted by Crippen LogP contribution is 2.14. The van der Waals surface area contributed by atoms with Crippen molar-refractivity contribution in [1.82, 2.24) is 0 Å². The molecule has 15 heavy (non-hydrogen) atoms. The molecule has 1 aromatic carbocycles. The Kier molecular flexibility index (Phi) is 5.95. The van der Waals surface area contributed by atoms with E-state index in [9.17, 15) is 0 Å². The van der Waals surface area contributed by atoms with Crippen molar-refractivity contribution < 1.29 is 4.74 Å². The predicted molar refractivity (Wildman–Crippen MR) is 73.1 cm³/mol. The summed E-state index contributed by atoms with van der Waals surface area (Å²) in [6.45, 7) is 4.96. The zero-order valence-electron chi connectivity index (χ0n) is 9.24. The lowest BCUT2D eigenvalue weighted by Crippen LogP contribution is -2.12. The highest BCUT2D eigenvalue weighted by molar-refractivity contribution is 14.1. The Morgan fingerprint density at radius 2 is 2.07 bits per heavy atom. The third-order valence-corrected chi connectivity index (χ3v) is 3.33. The number of ether oxygens (including phenoxy) is 1. The lowest BCUT2D eigenvalue weighted by atomic mass is 10.1. The summed E-state index contributed by atoms with van der Waals surface area (Å²) in [5.74, 6) is 0. The number of benzene rings is 1. The number of rotatable bonds is 5. The van der Waals surface area contributed by atoms with E-state index in [0.717, 1.165) is 6.42 Å². The van der Waals surface area contributed by atoms with Crippen LogP contribution in [0.2, 0.25) is 0 Å². The van der Waals surface area contributed by atoms with Crippen LogP contribution in [-0.2, 0) is 11.3 Å². The normalized spacial score (nSPS) is 13.9. The quantitative estimate of drug-likeness (QED) is 0.735. The van der Waals surface area contributed by atoms with Crippen molar-refractivity contribution in [2.75, 3.05) is 0 Å². The molecule has 0 spiro atoms. The van der Waals surface area contributed by atoms with Crippen molar-refractivity contribution >= 4 is 22.6 Å². The highest BCUT2D eigenvalue weighted by atomic mass is 127. The number of hydrogen-bond acceptors (Lipinski definition) is 1. The van der Waals surface area contributed by atoms with Gasteiger partial charge in [-0.15, -0.1) is 0 Å². The summed E-state index contributed by atoms with van der Waals surface area (Å²) in [4.78, 5) is 0. The van der Waals surface area contributed by atoms with Crippen molar-refractivity contribution in [2.24, 2.45) is 0 Å². The fraction of sp³-hybridized carbons (Fsp3) is 0.385. The lowest BCUT2D eigenvalue weighted by Gasteiger charge is -2.16. The van der Waals surface area contributed by atoms with Gasteiger partial charge in [-0.3, -0.25) is 0 Å². The molecule has 82 valence electrons. The average molecular weight is 316 g/mol. The summed E-state index contributed by atoms with van der Waals surface area (Å²) >= 11 is 2.26. The molecule has 1 atom stereocenters. The zero-order valence-corrected chi connectivity index (χ0v) is 11.4. The Hall–Kier alpha value is -0.350. The molecular formula is C13H17IO. The third-order valence-electron chi connectivity index (χ3n) is 2.34. The van der Waals surface area contributed by atoms with E-state index in [1.807, 2.05) is 18.2 Å². The van der Waals surface area contributed by atoms with Gasteiger partial charge in [0.15, 0.2) is 0 Å². The van der Waals surface area contributed by atoms with Gasteiger partial charge < -0.3 is 4.74 Å². The standard InChI is InChI=1S/C13H17IO/c1-3-13(11(2)9-14)15-10-12-7-5-4-6-8-12/h4-9,13H,3,10H2,1-2H3/b11-9+/t13-/m0/s1. The molecule has 0 bridgehead atoms. The van der Waals surface area contributed by atoms with Crippen molar-refractivity contribution in [1.29, 1.82) is 0 Å². The Morgan fingerprint density at radius 1 is 1.40 bits per heavy atom. The van der Waals surface area contributed by atoms with Gasteiger partial charge in [-0.05, 0) is 28.6 Å². The first-order valence-electron chi connectivity index (χ1n) is 5.20. The van der Waals surface area contributed by atoms with E-state index in [2.05, 4.69) is 52.7 Å². The smallest absolute Gasteiger partial charge is 0.0791 e. The van der Waals surface area contributed by atoms with Gasteiger partial charge in [0.25, 0.3) is 0 Å². The van der Waals surface area contributed by atoms with Crippen LogP contribution >= 0.6 is 22.6 Å². The number of hydrogen-bond donors (Lipinski definition) is 0. The topological polar surface area (TPSA) is 9.23 Å². The summed E-state index contributed by atoms with van der Waals surface area (Å²) in [6.07, 6.45) is 1.28. The largest absolute Gasteiger partial charge is 0.369 e. The molecule has 0 saturated heterocycles. The van der Waals surface area contributed by atoms with Gasteiger partial charge in [0.2, 0.25) is 0 Å². The Labute approximate surface area is 106 Å². The van der Waals surface area contributed by atoms with Crippen LogP contribution in [0.15, 0.2) is 40.0 Å². The first-order valence-corrected chi connectivity index (χ1v) is 6.45. The van der Waals surface area contributed by atoms with Crippen LogP contribution in [0.4, 0.5) is 0 Å². The summed E-state index contributed by atoms with van der Waals surface area (Å²) in [6, 6.07) is 10.3. The second-order valence-corrected chi connectivity index (χ2v) is 4.17. The second kappa shape index (κ2) is 7.01. The fourth-order valence-corrected chi connectivity index (χ4v) is 1.81. The molecule has 0 radical (unpaired) electrons. The lowest BCUT2D eigenvalue weighted by molar-refractivity contribution is 0.0623. The van der Waals surface area contributed by atoms with Gasteiger partial charge >= 0.3 is 0 Å². The maximum absolute atomic E-state index is 5.86. The summed E-state index contributed by atoms with van der Waals surface area (Å²) in [5.41, 5.74) is 2.53. The van der Waals surface area contributed by atoms with Crippen LogP contribution in [-0.4, -0.2) is 6.10 Å². The Morgan fingerprint density at radius 3 is 2.60 bits per heavy atom. The predicted octanol–water partition coefficient (Wildman–Crippen LogP) is 4.32. The minimum Gasteiger partial charge on any atom is -0.369 e. The maximum Gasteiger partial charge on any atom is 0.0791 e. The molecule has 0 aliphatic heterocycles. The van der Waals surface area contributed by atoms with Gasteiger partial charge in [0.05, 0.1) is 12.7 Å². The summed E-state index contributed by atoms with van der Waals surface area (Å²) in [5, 5.41) is 0. The van der Waals surface area contributed by atoms with Gasteiger partial charge in [-0.25, -0.2) is 0 Å². The van der Waals surface area contributed by atoms with E-state index >= 15 is 0 Å². The van der Waals surface area contributed by atoms with Crippen molar-refractivity contribution in [3.05, 3.63) is 45.6 Å². The molecule has 1 rings (SSSR count). The Bertz CT molecular complexity index is 306. The molecule has 0 saturated carbocycles. The van der Waals surface area contributed by atoms with Gasteiger partial charge in [0.1, 0.15) is 0 Å². The zero-order chi connectivity index (χ0) is 11.1. The van der Waals surface area contributed by atoms with E-state index in [-0.39, 0.29) is 6.10 Å². The second-order valence-electron chi connectivity index (χ2n) is 3.55. The van der Waals surface area contributed by atoms with Crippen LogP contribution in [0.5, 0.6) is 0 Å². The van der Waals surface area contributed by atoms with Crippen molar-refractivity contribution in [2.45, 2.75) is 33.0 Å². The van der Waals surface area contributed by atoms with Crippen LogP contribution in [0.1, 0.15) is 25.8 Å². The molecule has 1 aromatic rings. The van der Waals surface area contributed by atoms with Crippen LogP contribution in [0, 0.1) is 0 Å². The fourth-order valence-electron chi connectivity index (χ4n) is 1.41. The third kappa shape index (κ3) is 4.34. The monoisotopic (exact) mass is 316 g/mol. The SMILES string of the molecule is CC[C@H](OCc1ccccc1)/C(C)=C/I. The highest BCUT2D eigenvalue weighted by Gasteiger charge is 2.07. The van der Waals surface area contributed by atoms with E-state index in [0.29, 0.717) is 6.61 Å². The van der Waals surface area contributed by atoms with E-state index in [1.165, 1.54) is 11.1 Å². The average Bonchev–Trinajstić information content (AvgIpc) is 2.31. The minimum atomic E-state index is 0.252. The minimum absolute atomic E-state index is 0.252. The molecule has 0 unspecified atom stereocenters. The Balaban J connectivity index is 2.48. The van der Waals surface area contributed by atoms with Gasteiger partial charge in [-0.2, -0.15) is 0 Å². The van der Waals surface area contributed by atoms with Gasteiger partial charge in [0, 0.05) is 0 Å². The molecule has 0 heterocycles. The van der Waals surface area contributed by atoms with Crippen molar-refractivity contribution in [3.8, 4) is 0 Å². The molecule has 2 heteroatoms. The summed E-state index contributed by atoms with van der Waals surface area (Å²) < 4.78 is 7.95. The molecular weight excluding hydrogens is 299 g/mol. The van der Waals surface area contributed by atoms with Crippen LogP contribution in [0.3, 0.4) is 0 Å². The number of halogens is 1. The maximum atomic E-state index is 5.86. The van der Waals surface area contributed by atoms with Crippen molar-refractivity contribution in [3.63, 3.8) is 0 Å². The van der Waals surface area contributed by atoms with E-state index in [1.54, 1.807) is 0 Å². The van der Waals surface area contributed by atoms with Crippen LogP contribution < -0.4 is 0 Å². The molecule has 0 N–H and O–H groups in total. The molecule has 0 fully saturated rings. The molecule has 0 aromatic heterocycles. The van der Waals surface area contributed by atoms with Gasteiger partial charge in [-0.1, -0.05) is 59.8 Å². The summed E-state index contributed by atoms with van der Waals surface area (Å²) in [7, 11) is 0.